The zero-order valence-corrected chi connectivity index (χ0v) is 12.1. The van der Waals surface area contributed by atoms with Gasteiger partial charge in [0.1, 0.15) is 5.56 Å². The number of ether oxygens (including phenoxy) is 1. The summed E-state index contributed by atoms with van der Waals surface area (Å²) < 4.78 is 5.14. The second kappa shape index (κ2) is 4.61. The molecule has 2 aromatic carbocycles. The molecule has 6 heteroatoms. The van der Waals surface area contributed by atoms with Gasteiger partial charge in [0.2, 0.25) is 5.78 Å². The lowest BCUT2D eigenvalue weighted by Crippen LogP contribution is -2.14. The highest BCUT2D eigenvalue weighted by atomic mass is 16.6. The van der Waals surface area contributed by atoms with Crippen LogP contribution in [0.2, 0.25) is 0 Å². The fraction of sp³-hybridized carbons (Fsp3) is 0.0588. The van der Waals surface area contributed by atoms with Gasteiger partial charge in [-0.1, -0.05) is 24.3 Å². The van der Waals surface area contributed by atoms with Gasteiger partial charge in [0.15, 0.2) is 5.75 Å². The highest BCUT2D eigenvalue weighted by Gasteiger charge is 2.35. The first-order valence-electron chi connectivity index (χ1n) is 6.91. The number of hydrogen-bond donors (Lipinski definition) is 0. The molecule has 0 amide bonds. The number of nitro benzene ring substituents is 1. The molecule has 0 bridgehead atoms. The molecule has 1 heterocycles. The van der Waals surface area contributed by atoms with Gasteiger partial charge < -0.3 is 4.74 Å². The van der Waals surface area contributed by atoms with Crippen molar-refractivity contribution in [1.29, 1.82) is 0 Å². The predicted molar refractivity (Wildman–Crippen MR) is 83.8 cm³/mol. The number of rotatable bonds is 2. The number of ketones is 1. The summed E-state index contributed by atoms with van der Waals surface area (Å²) in [6, 6.07) is 10.3. The normalized spacial score (nSPS) is 12.1. The fourth-order valence-corrected chi connectivity index (χ4v) is 3.10. The van der Waals surface area contributed by atoms with Crippen LogP contribution < -0.4 is 4.74 Å². The van der Waals surface area contributed by atoms with E-state index in [4.69, 9.17) is 4.74 Å². The number of pyridine rings is 1. The zero-order chi connectivity index (χ0) is 16.1. The van der Waals surface area contributed by atoms with Crippen molar-refractivity contribution in [2.24, 2.45) is 0 Å². The molecule has 6 nitrogen and oxygen atoms in total. The van der Waals surface area contributed by atoms with Crippen molar-refractivity contribution in [3.05, 3.63) is 63.8 Å². The molecule has 0 saturated carbocycles. The molecule has 1 aliphatic rings. The van der Waals surface area contributed by atoms with E-state index in [1.54, 1.807) is 36.5 Å². The summed E-state index contributed by atoms with van der Waals surface area (Å²) in [7, 11) is 1.35. The minimum atomic E-state index is -0.573. The largest absolute Gasteiger partial charge is 0.490 e. The van der Waals surface area contributed by atoms with E-state index in [0.29, 0.717) is 27.6 Å². The Labute approximate surface area is 130 Å². The lowest BCUT2D eigenvalue weighted by Gasteiger charge is -2.19. The van der Waals surface area contributed by atoms with Gasteiger partial charge in [-0.15, -0.1) is 0 Å². The molecule has 1 aromatic heterocycles. The number of benzene rings is 2. The van der Waals surface area contributed by atoms with Gasteiger partial charge in [-0.3, -0.25) is 19.9 Å². The summed E-state index contributed by atoms with van der Waals surface area (Å²) in [5.74, 6) is -0.306. The van der Waals surface area contributed by atoms with Crippen LogP contribution in [0.4, 0.5) is 5.69 Å². The Balaban J connectivity index is 2.27. The minimum absolute atomic E-state index is 0.0474. The smallest absolute Gasteiger partial charge is 0.322 e. The fourth-order valence-electron chi connectivity index (χ4n) is 3.10. The molecule has 23 heavy (non-hydrogen) atoms. The second-order valence-corrected chi connectivity index (χ2v) is 5.19. The van der Waals surface area contributed by atoms with Crippen molar-refractivity contribution in [2.75, 3.05) is 7.11 Å². The average molecular weight is 306 g/mol. The van der Waals surface area contributed by atoms with E-state index >= 15 is 0 Å². The molecule has 3 aromatic rings. The van der Waals surface area contributed by atoms with E-state index in [1.807, 2.05) is 6.07 Å². The number of carbonyl (C=O) groups excluding carboxylic acids is 1. The molecule has 112 valence electrons. The maximum absolute atomic E-state index is 12.9. The van der Waals surface area contributed by atoms with Crippen LogP contribution in [-0.2, 0) is 0 Å². The lowest BCUT2D eigenvalue weighted by atomic mass is 9.84. The van der Waals surface area contributed by atoms with Crippen molar-refractivity contribution < 1.29 is 14.5 Å². The van der Waals surface area contributed by atoms with Crippen LogP contribution in [0.3, 0.4) is 0 Å². The Morgan fingerprint density at radius 2 is 1.91 bits per heavy atom. The van der Waals surface area contributed by atoms with Crippen LogP contribution in [0.1, 0.15) is 15.9 Å². The molecule has 0 atom stereocenters. The number of fused-ring (bicyclic) bond motifs is 2. The van der Waals surface area contributed by atoms with Gasteiger partial charge in [-0.05, 0) is 17.5 Å². The van der Waals surface area contributed by atoms with Crippen molar-refractivity contribution in [2.45, 2.75) is 0 Å². The topological polar surface area (TPSA) is 82.3 Å². The van der Waals surface area contributed by atoms with Crippen molar-refractivity contribution in [3.8, 4) is 17.0 Å². The third-order valence-corrected chi connectivity index (χ3v) is 4.05. The minimum Gasteiger partial charge on any atom is -0.490 e. The summed E-state index contributed by atoms with van der Waals surface area (Å²) in [5.41, 5.74) is 1.42. The van der Waals surface area contributed by atoms with Crippen molar-refractivity contribution >= 4 is 22.2 Å². The van der Waals surface area contributed by atoms with E-state index in [9.17, 15) is 14.9 Å². The quantitative estimate of drug-likeness (QED) is 0.419. The Hall–Kier alpha value is -3.28. The molecule has 4 rings (SSSR count). The lowest BCUT2D eigenvalue weighted by molar-refractivity contribution is -0.385. The van der Waals surface area contributed by atoms with E-state index in [0.717, 1.165) is 0 Å². The molecule has 0 spiro atoms. The Kier molecular flexibility index (Phi) is 2.68. The molecule has 0 saturated heterocycles. The van der Waals surface area contributed by atoms with Crippen LogP contribution in [0.15, 0.2) is 42.6 Å². The Bertz CT molecular complexity index is 1010. The highest BCUT2D eigenvalue weighted by molar-refractivity contribution is 6.27. The molecular formula is C17H10N2O4. The van der Waals surface area contributed by atoms with E-state index < -0.39 is 4.92 Å². The molecule has 0 N–H and O–H groups in total. The number of hydrogen-bond acceptors (Lipinski definition) is 5. The van der Waals surface area contributed by atoms with Crippen molar-refractivity contribution in [3.63, 3.8) is 0 Å². The Morgan fingerprint density at radius 3 is 2.61 bits per heavy atom. The number of nitro groups is 1. The maximum atomic E-state index is 12.9. The maximum Gasteiger partial charge on any atom is 0.322 e. The van der Waals surface area contributed by atoms with Gasteiger partial charge in [0.25, 0.3) is 0 Å². The summed E-state index contributed by atoms with van der Waals surface area (Å²) in [6.45, 7) is 0. The third-order valence-electron chi connectivity index (χ3n) is 4.05. The van der Waals surface area contributed by atoms with Gasteiger partial charge in [-0.25, -0.2) is 0 Å². The van der Waals surface area contributed by atoms with Crippen molar-refractivity contribution in [1.82, 2.24) is 4.98 Å². The first-order chi connectivity index (χ1) is 11.1. The monoisotopic (exact) mass is 306 g/mol. The van der Waals surface area contributed by atoms with Crippen LogP contribution >= 0.6 is 0 Å². The number of methoxy groups -OCH3 is 1. The molecule has 0 unspecified atom stereocenters. The van der Waals surface area contributed by atoms with Crippen LogP contribution in [0, 0.1) is 10.1 Å². The molecular weight excluding hydrogens is 296 g/mol. The van der Waals surface area contributed by atoms with Gasteiger partial charge >= 0.3 is 5.69 Å². The predicted octanol–water partition coefficient (Wildman–Crippen LogP) is 3.36. The summed E-state index contributed by atoms with van der Waals surface area (Å²) in [6.07, 6.45) is 1.62. The van der Waals surface area contributed by atoms with E-state index in [1.165, 1.54) is 7.11 Å². The number of nitrogens with zero attached hydrogens (tertiary/aromatic N) is 2. The average Bonchev–Trinajstić information content (AvgIpc) is 2.58. The summed E-state index contributed by atoms with van der Waals surface area (Å²) >= 11 is 0. The Morgan fingerprint density at radius 1 is 1.17 bits per heavy atom. The summed E-state index contributed by atoms with van der Waals surface area (Å²) in [4.78, 5) is 28.2. The first-order valence-corrected chi connectivity index (χ1v) is 6.91. The highest BCUT2D eigenvalue weighted by Crippen LogP contribution is 2.45. The van der Waals surface area contributed by atoms with Crippen LogP contribution in [-0.4, -0.2) is 22.8 Å². The van der Waals surface area contributed by atoms with Crippen LogP contribution in [0.25, 0.3) is 22.0 Å². The second-order valence-electron chi connectivity index (χ2n) is 5.19. The first kappa shape index (κ1) is 13.4. The van der Waals surface area contributed by atoms with Gasteiger partial charge in [0.05, 0.1) is 17.7 Å². The van der Waals surface area contributed by atoms with Crippen LogP contribution in [0.5, 0.6) is 5.75 Å². The third kappa shape index (κ3) is 1.69. The number of aromatic nitrogens is 1. The molecule has 1 aliphatic carbocycles. The molecule has 0 aliphatic heterocycles. The van der Waals surface area contributed by atoms with E-state index in [-0.39, 0.29) is 22.8 Å². The number of carbonyl (C=O) groups is 1. The molecule has 0 fully saturated rings. The SMILES string of the molecule is COc1cc2ccnc3c2c(c1[N+](=O)[O-])C(=O)c1ccccc1-3. The summed E-state index contributed by atoms with van der Waals surface area (Å²) in [5, 5.41) is 12.7. The van der Waals surface area contributed by atoms with Gasteiger partial charge in [-0.2, -0.15) is 0 Å². The molecule has 0 radical (unpaired) electrons. The zero-order valence-electron chi connectivity index (χ0n) is 12.1. The van der Waals surface area contributed by atoms with Gasteiger partial charge in [0, 0.05) is 22.7 Å². The van der Waals surface area contributed by atoms with E-state index in [2.05, 4.69) is 4.98 Å². The standard InChI is InChI=1S/C17H10N2O4/c1-23-12-8-9-6-7-18-15-10-4-2-3-5-11(10)17(20)14(13(9)15)16(12)19(21)22/h2-8H,1H3.